The van der Waals surface area contributed by atoms with Gasteiger partial charge in [-0.2, -0.15) is 8.42 Å². The molecule has 0 N–H and O–H groups in total. The SMILES string of the molecule is C[Si](C)(C)CCOCN1C(=O)CCC(c2c(F)cc(N3CCC(OS(C)(=O)=O)CC3)cc2F)C1=O. The number of amides is 2. The molecule has 0 aromatic heterocycles. The minimum Gasteiger partial charge on any atom is -0.371 e. The number of ether oxygens (including phenoxy) is 1. The first kappa shape index (κ1) is 27.7. The van der Waals surface area contributed by atoms with E-state index >= 15 is 8.78 Å². The highest BCUT2D eigenvalue weighted by Crippen LogP contribution is 2.35. The van der Waals surface area contributed by atoms with Gasteiger partial charge in [0, 0.05) is 45.4 Å². The van der Waals surface area contributed by atoms with Gasteiger partial charge in [0.1, 0.15) is 18.4 Å². The number of benzene rings is 1. The first-order valence-corrected chi connectivity index (χ1v) is 17.3. The van der Waals surface area contributed by atoms with Gasteiger partial charge >= 0.3 is 0 Å². The molecule has 2 saturated heterocycles. The normalized spacial score (nSPS) is 20.6. The minimum atomic E-state index is -3.57. The molecule has 0 saturated carbocycles. The molecule has 1 aromatic carbocycles. The number of piperidine rings is 2. The van der Waals surface area contributed by atoms with E-state index in [1.807, 2.05) is 0 Å². The zero-order valence-electron chi connectivity index (χ0n) is 20.7. The molecule has 0 spiro atoms. The number of hydrogen-bond donors (Lipinski definition) is 0. The van der Waals surface area contributed by atoms with Crippen LogP contribution in [0.25, 0.3) is 0 Å². The first-order valence-electron chi connectivity index (χ1n) is 11.8. The Morgan fingerprint density at radius 2 is 1.66 bits per heavy atom. The molecule has 2 fully saturated rings. The number of anilines is 1. The molecule has 0 radical (unpaired) electrons. The predicted octanol–water partition coefficient (Wildman–Crippen LogP) is 3.45. The summed E-state index contributed by atoms with van der Waals surface area (Å²) in [5.74, 6) is -3.85. The summed E-state index contributed by atoms with van der Waals surface area (Å²) in [6, 6.07) is 3.25. The maximum Gasteiger partial charge on any atom is 0.264 e. The van der Waals surface area contributed by atoms with Crippen LogP contribution in [0.1, 0.15) is 37.2 Å². The Morgan fingerprint density at radius 3 is 2.20 bits per heavy atom. The molecule has 8 nitrogen and oxygen atoms in total. The van der Waals surface area contributed by atoms with E-state index in [1.165, 1.54) is 12.1 Å². The first-order chi connectivity index (χ1) is 16.2. The second kappa shape index (κ2) is 11.0. The summed E-state index contributed by atoms with van der Waals surface area (Å²) in [5, 5.41) is 0. The third-order valence-corrected chi connectivity index (χ3v) is 8.59. The number of rotatable bonds is 9. The van der Waals surface area contributed by atoms with Crippen molar-refractivity contribution in [3.05, 3.63) is 29.3 Å². The molecule has 12 heteroatoms. The molecule has 2 aliphatic rings. The lowest BCUT2D eigenvalue weighted by Gasteiger charge is -2.34. The van der Waals surface area contributed by atoms with Gasteiger partial charge in [0.15, 0.2) is 0 Å². The fourth-order valence-corrected chi connectivity index (χ4v) is 5.76. The highest BCUT2D eigenvalue weighted by atomic mass is 32.2. The molecule has 196 valence electrons. The van der Waals surface area contributed by atoms with Gasteiger partial charge in [0.25, 0.3) is 10.1 Å². The summed E-state index contributed by atoms with van der Waals surface area (Å²) in [6.45, 7) is 7.50. The lowest BCUT2D eigenvalue weighted by molar-refractivity contribution is -0.155. The molecular formula is C23H34F2N2O6SSi. The highest BCUT2D eigenvalue weighted by Gasteiger charge is 2.38. The van der Waals surface area contributed by atoms with Gasteiger partial charge in [-0.3, -0.25) is 18.7 Å². The number of likely N-dealkylation sites (tertiary alicyclic amines) is 1. The number of carbonyl (C=O) groups excluding carboxylic acids is 2. The summed E-state index contributed by atoms with van der Waals surface area (Å²) in [5.41, 5.74) is -0.0268. The third kappa shape index (κ3) is 7.54. The summed E-state index contributed by atoms with van der Waals surface area (Å²) in [6.07, 6.45) is 1.35. The molecule has 35 heavy (non-hydrogen) atoms. The van der Waals surface area contributed by atoms with Gasteiger partial charge in [0.05, 0.1) is 18.3 Å². The van der Waals surface area contributed by atoms with Crippen LogP contribution in [-0.4, -0.2) is 72.0 Å². The molecule has 2 aliphatic heterocycles. The van der Waals surface area contributed by atoms with Gasteiger partial charge in [-0.25, -0.2) is 8.78 Å². The van der Waals surface area contributed by atoms with Crippen molar-refractivity contribution in [1.29, 1.82) is 0 Å². The van der Waals surface area contributed by atoms with E-state index < -0.39 is 53.7 Å². The van der Waals surface area contributed by atoms with E-state index in [9.17, 15) is 18.0 Å². The van der Waals surface area contributed by atoms with Gasteiger partial charge in [-0.05, 0) is 37.4 Å². The van der Waals surface area contributed by atoms with Crippen LogP contribution in [0.15, 0.2) is 12.1 Å². The van der Waals surface area contributed by atoms with Crippen molar-refractivity contribution in [2.45, 2.75) is 63.4 Å². The summed E-state index contributed by atoms with van der Waals surface area (Å²) in [4.78, 5) is 28.0. The molecule has 0 bridgehead atoms. The summed E-state index contributed by atoms with van der Waals surface area (Å²) in [7, 11) is -4.91. The summed E-state index contributed by atoms with van der Waals surface area (Å²) < 4.78 is 63.5. The van der Waals surface area contributed by atoms with Gasteiger partial charge in [-0.15, -0.1) is 0 Å². The van der Waals surface area contributed by atoms with Gasteiger partial charge in [-0.1, -0.05) is 19.6 Å². The number of carbonyl (C=O) groups is 2. The third-order valence-electron chi connectivity index (χ3n) is 6.26. The molecule has 1 atom stereocenters. The van der Waals surface area contributed by atoms with Crippen LogP contribution in [-0.2, 0) is 28.6 Å². The van der Waals surface area contributed by atoms with Crippen LogP contribution in [0.2, 0.25) is 25.7 Å². The van der Waals surface area contributed by atoms with Crippen molar-refractivity contribution in [1.82, 2.24) is 4.90 Å². The minimum absolute atomic E-state index is 0.00225. The Bertz CT molecular complexity index is 1030. The summed E-state index contributed by atoms with van der Waals surface area (Å²) >= 11 is 0. The molecule has 1 aromatic rings. The van der Waals surface area contributed by atoms with E-state index in [0.717, 1.165) is 17.2 Å². The van der Waals surface area contributed by atoms with E-state index in [-0.39, 0.29) is 25.1 Å². The van der Waals surface area contributed by atoms with Crippen LogP contribution in [0, 0.1) is 11.6 Å². The zero-order valence-corrected chi connectivity index (χ0v) is 22.5. The van der Waals surface area contributed by atoms with Crippen LogP contribution >= 0.6 is 0 Å². The molecule has 3 rings (SSSR count). The van der Waals surface area contributed by atoms with Gasteiger partial charge < -0.3 is 9.64 Å². The molecule has 1 unspecified atom stereocenters. The van der Waals surface area contributed by atoms with E-state index in [4.69, 9.17) is 8.92 Å². The number of nitrogens with zero attached hydrogens (tertiary/aromatic N) is 2. The fourth-order valence-electron chi connectivity index (χ4n) is 4.32. The van der Waals surface area contributed by atoms with E-state index in [2.05, 4.69) is 19.6 Å². The largest absolute Gasteiger partial charge is 0.371 e. The Hall–Kier alpha value is -1.89. The molecule has 2 amide bonds. The van der Waals surface area contributed by atoms with Crippen molar-refractivity contribution in [3.63, 3.8) is 0 Å². The topological polar surface area (TPSA) is 93.2 Å². The predicted molar refractivity (Wildman–Crippen MR) is 130 cm³/mol. The van der Waals surface area contributed by atoms with Crippen molar-refractivity contribution in [2.75, 3.05) is 37.6 Å². The monoisotopic (exact) mass is 532 g/mol. The fraction of sp³-hybridized carbons (Fsp3) is 0.652. The van der Waals surface area contributed by atoms with Crippen LogP contribution in [0.5, 0.6) is 0 Å². The number of imide groups is 1. The van der Waals surface area contributed by atoms with Crippen LogP contribution in [0.4, 0.5) is 14.5 Å². The second-order valence-electron chi connectivity index (χ2n) is 10.4. The lowest BCUT2D eigenvalue weighted by Crippen LogP contribution is -2.46. The zero-order chi connectivity index (χ0) is 26.0. The van der Waals surface area contributed by atoms with E-state index in [0.29, 0.717) is 38.2 Å². The second-order valence-corrected chi connectivity index (χ2v) is 17.6. The Morgan fingerprint density at radius 1 is 1.06 bits per heavy atom. The van der Waals surface area contributed by atoms with Crippen LogP contribution < -0.4 is 4.90 Å². The average Bonchev–Trinajstić information content (AvgIpc) is 2.72. The lowest BCUT2D eigenvalue weighted by atomic mass is 9.88. The maximum absolute atomic E-state index is 15.1. The molecular weight excluding hydrogens is 498 g/mol. The van der Waals surface area contributed by atoms with Crippen molar-refractivity contribution >= 4 is 35.7 Å². The van der Waals surface area contributed by atoms with Gasteiger partial charge in [0.2, 0.25) is 11.8 Å². The van der Waals surface area contributed by atoms with E-state index in [1.54, 1.807) is 4.90 Å². The average molecular weight is 533 g/mol. The standard InChI is InChI=1S/C23H34F2N2O6SSi/c1-34(30,31)33-17-7-9-26(10-8-17)16-13-19(24)22(20(25)14-16)18-5-6-21(28)27(23(18)29)15-32-11-12-35(2,3)4/h13-14,17-18H,5-12,15H2,1-4H3. The highest BCUT2D eigenvalue weighted by molar-refractivity contribution is 7.86. The van der Waals surface area contributed by atoms with Crippen molar-refractivity contribution in [3.8, 4) is 0 Å². The Balaban J connectivity index is 1.68. The number of hydrogen-bond acceptors (Lipinski definition) is 7. The number of halogens is 2. The Kier molecular flexibility index (Phi) is 8.72. The van der Waals surface area contributed by atoms with Crippen molar-refractivity contribution in [2.24, 2.45) is 0 Å². The van der Waals surface area contributed by atoms with Crippen molar-refractivity contribution < 1.29 is 35.7 Å². The Labute approximate surface area is 206 Å². The molecule has 2 heterocycles. The smallest absolute Gasteiger partial charge is 0.264 e. The maximum atomic E-state index is 15.1. The van der Waals surface area contributed by atoms with Crippen LogP contribution in [0.3, 0.4) is 0 Å². The quantitative estimate of drug-likeness (QED) is 0.208. The molecule has 0 aliphatic carbocycles.